The number of benzene rings is 1. The molecule has 0 saturated carbocycles. The van der Waals surface area contributed by atoms with Gasteiger partial charge in [0.2, 0.25) is 0 Å². The van der Waals surface area contributed by atoms with Gasteiger partial charge in [-0.3, -0.25) is 0 Å². The second-order valence-electron chi connectivity index (χ2n) is 6.41. The molecule has 0 spiro atoms. The summed E-state index contributed by atoms with van der Waals surface area (Å²) in [5, 5.41) is 14.6. The van der Waals surface area contributed by atoms with E-state index in [1.807, 2.05) is 13.0 Å². The summed E-state index contributed by atoms with van der Waals surface area (Å²) in [6.07, 6.45) is 1.11. The van der Waals surface area contributed by atoms with Crippen molar-refractivity contribution in [3.05, 3.63) is 30.0 Å². The standard InChI is InChI=1S/C17H26N4/c1-12(2)10-14(11-21(4)5)18-17-16-9-7-6-8-15(16)13(3)19-20-17/h6-9,12,14H,10-11H2,1-5H3,(H,18,20). The zero-order valence-electron chi connectivity index (χ0n) is 13.7. The van der Waals surface area contributed by atoms with Gasteiger partial charge in [0.05, 0.1) is 5.69 Å². The lowest BCUT2D eigenvalue weighted by molar-refractivity contribution is 0.356. The van der Waals surface area contributed by atoms with Gasteiger partial charge in [-0.1, -0.05) is 38.1 Å². The maximum absolute atomic E-state index is 4.38. The maximum Gasteiger partial charge on any atom is 0.156 e. The zero-order chi connectivity index (χ0) is 15.4. The molecule has 0 amide bonds. The molecule has 1 heterocycles. The number of aromatic nitrogens is 2. The van der Waals surface area contributed by atoms with Crippen molar-refractivity contribution in [2.75, 3.05) is 26.0 Å². The monoisotopic (exact) mass is 286 g/mol. The van der Waals surface area contributed by atoms with Crippen molar-refractivity contribution in [2.24, 2.45) is 5.92 Å². The Bertz CT molecular complexity index is 582. The van der Waals surface area contributed by atoms with E-state index < -0.39 is 0 Å². The van der Waals surface area contributed by atoms with E-state index in [4.69, 9.17) is 0 Å². The van der Waals surface area contributed by atoms with Gasteiger partial charge in [0.15, 0.2) is 5.82 Å². The molecule has 2 rings (SSSR count). The fourth-order valence-electron chi connectivity index (χ4n) is 2.73. The lowest BCUT2D eigenvalue weighted by Crippen LogP contribution is -2.34. The molecule has 1 atom stereocenters. The largest absolute Gasteiger partial charge is 0.364 e. The highest BCUT2D eigenvalue weighted by atomic mass is 15.2. The second kappa shape index (κ2) is 6.85. The van der Waals surface area contributed by atoms with E-state index in [-0.39, 0.29) is 0 Å². The van der Waals surface area contributed by atoms with Crippen molar-refractivity contribution in [3.8, 4) is 0 Å². The molecule has 4 nitrogen and oxygen atoms in total. The van der Waals surface area contributed by atoms with E-state index in [2.05, 4.69) is 66.6 Å². The molecule has 0 aliphatic heterocycles. The molecular weight excluding hydrogens is 260 g/mol. The van der Waals surface area contributed by atoms with Crippen LogP contribution in [-0.2, 0) is 0 Å². The van der Waals surface area contributed by atoms with Gasteiger partial charge in [-0.25, -0.2) is 0 Å². The van der Waals surface area contributed by atoms with Crippen LogP contribution in [0, 0.1) is 12.8 Å². The first-order chi connectivity index (χ1) is 9.97. The van der Waals surface area contributed by atoms with E-state index in [9.17, 15) is 0 Å². The number of nitrogens with one attached hydrogen (secondary N) is 1. The molecule has 21 heavy (non-hydrogen) atoms. The molecule has 1 unspecified atom stereocenters. The molecule has 0 aliphatic carbocycles. The Morgan fingerprint density at radius 2 is 1.76 bits per heavy atom. The van der Waals surface area contributed by atoms with E-state index in [0.29, 0.717) is 12.0 Å². The molecule has 1 aromatic heterocycles. The summed E-state index contributed by atoms with van der Waals surface area (Å²) in [7, 11) is 4.21. The van der Waals surface area contributed by atoms with Crippen LogP contribution in [0.5, 0.6) is 0 Å². The first-order valence-electron chi connectivity index (χ1n) is 7.60. The predicted octanol–water partition coefficient (Wildman–Crippen LogP) is 3.33. The molecular formula is C17H26N4. The average molecular weight is 286 g/mol. The van der Waals surface area contributed by atoms with E-state index in [1.165, 1.54) is 5.39 Å². The molecule has 114 valence electrons. The molecule has 0 fully saturated rings. The Labute approximate surface area is 127 Å². The third-order valence-corrected chi connectivity index (χ3v) is 3.55. The Hall–Kier alpha value is -1.68. The molecule has 1 N–H and O–H groups in total. The maximum atomic E-state index is 4.38. The predicted molar refractivity (Wildman–Crippen MR) is 89.7 cm³/mol. The Balaban J connectivity index is 2.30. The number of fused-ring (bicyclic) bond motifs is 1. The van der Waals surface area contributed by atoms with Gasteiger partial charge in [-0.05, 0) is 33.4 Å². The average Bonchev–Trinajstić information content (AvgIpc) is 2.41. The van der Waals surface area contributed by atoms with Crippen LogP contribution in [0.4, 0.5) is 5.82 Å². The van der Waals surface area contributed by atoms with Crippen molar-refractivity contribution in [3.63, 3.8) is 0 Å². The van der Waals surface area contributed by atoms with Gasteiger partial charge in [0.1, 0.15) is 0 Å². The van der Waals surface area contributed by atoms with Crippen molar-refractivity contribution in [2.45, 2.75) is 33.2 Å². The van der Waals surface area contributed by atoms with Crippen LogP contribution in [0.1, 0.15) is 26.0 Å². The van der Waals surface area contributed by atoms with Gasteiger partial charge >= 0.3 is 0 Å². The highest BCUT2D eigenvalue weighted by Crippen LogP contribution is 2.23. The fraction of sp³-hybridized carbons (Fsp3) is 0.529. The SMILES string of the molecule is Cc1nnc(NC(CC(C)C)CN(C)C)c2ccccc12. The summed E-state index contributed by atoms with van der Waals surface area (Å²) in [4.78, 5) is 2.21. The smallest absolute Gasteiger partial charge is 0.156 e. The first kappa shape index (κ1) is 15.7. The summed E-state index contributed by atoms with van der Waals surface area (Å²) in [5.74, 6) is 1.54. The molecule has 0 aliphatic rings. The number of anilines is 1. The van der Waals surface area contributed by atoms with Gasteiger partial charge in [-0.2, -0.15) is 5.10 Å². The molecule has 4 heteroatoms. The number of rotatable bonds is 6. The lowest BCUT2D eigenvalue weighted by atomic mass is 10.0. The van der Waals surface area contributed by atoms with Crippen molar-refractivity contribution in [1.82, 2.24) is 15.1 Å². The van der Waals surface area contributed by atoms with Gasteiger partial charge in [0.25, 0.3) is 0 Å². The van der Waals surface area contributed by atoms with Crippen molar-refractivity contribution < 1.29 is 0 Å². The third-order valence-electron chi connectivity index (χ3n) is 3.55. The van der Waals surface area contributed by atoms with E-state index >= 15 is 0 Å². The van der Waals surface area contributed by atoms with Crippen LogP contribution in [-0.4, -0.2) is 41.8 Å². The highest BCUT2D eigenvalue weighted by molar-refractivity contribution is 5.92. The minimum atomic E-state index is 0.375. The summed E-state index contributed by atoms with van der Waals surface area (Å²) < 4.78 is 0. The van der Waals surface area contributed by atoms with Crippen molar-refractivity contribution >= 4 is 16.6 Å². The molecule has 0 bridgehead atoms. The van der Waals surface area contributed by atoms with Crippen LogP contribution < -0.4 is 5.32 Å². The summed E-state index contributed by atoms with van der Waals surface area (Å²) in [5.41, 5.74) is 0.976. The Morgan fingerprint density at radius 1 is 1.10 bits per heavy atom. The summed E-state index contributed by atoms with van der Waals surface area (Å²) >= 11 is 0. The lowest BCUT2D eigenvalue weighted by Gasteiger charge is -2.24. The number of hydrogen-bond donors (Lipinski definition) is 1. The Kier molecular flexibility index (Phi) is 5.12. The van der Waals surface area contributed by atoms with Crippen LogP contribution in [0.25, 0.3) is 10.8 Å². The van der Waals surface area contributed by atoms with E-state index in [0.717, 1.165) is 29.9 Å². The topological polar surface area (TPSA) is 41.1 Å². The van der Waals surface area contributed by atoms with Crippen molar-refractivity contribution in [1.29, 1.82) is 0 Å². The second-order valence-corrected chi connectivity index (χ2v) is 6.41. The molecule has 1 aromatic carbocycles. The quantitative estimate of drug-likeness (QED) is 0.884. The molecule has 0 saturated heterocycles. The van der Waals surface area contributed by atoms with Crippen LogP contribution in [0.2, 0.25) is 0 Å². The van der Waals surface area contributed by atoms with Crippen LogP contribution in [0.3, 0.4) is 0 Å². The minimum absolute atomic E-state index is 0.375. The normalized spacial score (nSPS) is 13.1. The third kappa shape index (κ3) is 4.14. The van der Waals surface area contributed by atoms with Gasteiger partial charge in [0, 0.05) is 23.4 Å². The van der Waals surface area contributed by atoms with Gasteiger partial charge in [-0.15, -0.1) is 5.10 Å². The number of nitrogens with zero attached hydrogens (tertiary/aromatic N) is 3. The zero-order valence-corrected chi connectivity index (χ0v) is 13.7. The number of likely N-dealkylation sites (N-methyl/N-ethyl adjacent to an activating group) is 1. The molecule has 0 radical (unpaired) electrons. The minimum Gasteiger partial charge on any atom is -0.364 e. The number of hydrogen-bond acceptors (Lipinski definition) is 4. The molecule has 2 aromatic rings. The van der Waals surface area contributed by atoms with E-state index in [1.54, 1.807) is 0 Å². The summed E-state index contributed by atoms with van der Waals surface area (Å²) in [6, 6.07) is 8.69. The van der Waals surface area contributed by atoms with Crippen LogP contribution >= 0.6 is 0 Å². The highest BCUT2D eigenvalue weighted by Gasteiger charge is 2.15. The fourth-order valence-corrected chi connectivity index (χ4v) is 2.73. The van der Waals surface area contributed by atoms with Gasteiger partial charge < -0.3 is 10.2 Å². The van der Waals surface area contributed by atoms with Crippen LogP contribution in [0.15, 0.2) is 24.3 Å². The Morgan fingerprint density at radius 3 is 2.38 bits per heavy atom. The number of aryl methyl sites for hydroxylation is 1. The summed E-state index contributed by atoms with van der Waals surface area (Å²) in [6.45, 7) is 7.50. The first-order valence-corrected chi connectivity index (χ1v) is 7.60.